The topological polar surface area (TPSA) is 64.3 Å². The largest absolute Gasteiger partial charge is 0.489 e. The maximum atomic E-state index is 12.2. The smallest absolute Gasteiger partial charge is 0.251 e. The molecule has 1 saturated carbocycles. The molecule has 4 nitrogen and oxygen atoms in total. The number of carbonyl (C=O) groups excluding carboxylic acids is 1. The number of ether oxygens (including phenoxy) is 1. The summed E-state index contributed by atoms with van der Waals surface area (Å²) in [5, 5.41) is 3.57. The third kappa shape index (κ3) is 5.92. The monoisotopic (exact) mass is 380 g/mol. The van der Waals surface area contributed by atoms with Crippen LogP contribution in [-0.2, 0) is 6.61 Å². The summed E-state index contributed by atoms with van der Waals surface area (Å²) in [7, 11) is 0. The summed E-state index contributed by atoms with van der Waals surface area (Å²) in [4.78, 5) is 12.2. The minimum absolute atomic E-state index is 0. The molecular formula is C19H22Cl2N2O2. The molecule has 2 aromatic carbocycles. The van der Waals surface area contributed by atoms with E-state index < -0.39 is 0 Å². The number of benzene rings is 2. The van der Waals surface area contributed by atoms with Gasteiger partial charge in [0.05, 0.1) is 0 Å². The molecule has 0 aromatic heterocycles. The highest BCUT2D eigenvalue weighted by Gasteiger charge is 2.28. The van der Waals surface area contributed by atoms with Crippen LogP contribution in [0.1, 0.15) is 28.8 Å². The Morgan fingerprint density at radius 3 is 2.72 bits per heavy atom. The molecule has 1 unspecified atom stereocenters. The molecule has 3 N–H and O–H groups in total. The third-order valence-corrected chi connectivity index (χ3v) is 4.35. The van der Waals surface area contributed by atoms with Crippen molar-refractivity contribution < 1.29 is 9.53 Å². The molecule has 1 aliphatic rings. The van der Waals surface area contributed by atoms with Crippen LogP contribution in [0.15, 0.2) is 48.5 Å². The number of halogens is 2. The average molecular weight is 381 g/mol. The van der Waals surface area contributed by atoms with Gasteiger partial charge in [-0.15, -0.1) is 12.4 Å². The number of nitrogens with two attached hydrogens (primary N) is 1. The van der Waals surface area contributed by atoms with Crippen molar-refractivity contribution in [1.29, 1.82) is 0 Å². The number of carbonyl (C=O) groups is 1. The molecule has 0 spiro atoms. The van der Waals surface area contributed by atoms with Gasteiger partial charge in [0.25, 0.3) is 5.91 Å². The first-order chi connectivity index (χ1) is 11.6. The summed E-state index contributed by atoms with van der Waals surface area (Å²) in [6, 6.07) is 14.7. The van der Waals surface area contributed by atoms with Gasteiger partial charge in [-0.05, 0) is 54.7 Å². The lowest BCUT2D eigenvalue weighted by Gasteiger charge is -2.12. The van der Waals surface area contributed by atoms with Crippen LogP contribution < -0.4 is 15.8 Å². The number of nitrogens with one attached hydrogen (secondary N) is 1. The molecular weight excluding hydrogens is 359 g/mol. The van der Waals surface area contributed by atoms with E-state index in [1.54, 1.807) is 12.1 Å². The lowest BCUT2D eigenvalue weighted by molar-refractivity contribution is 0.0950. The van der Waals surface area contributed by atoms with Crippen molar-refractivity contribution >= 4 is 29.9 Å². The number of hydrogen-bond donors (Lipinski definition) is 2. The Morgan fingerprint density at radius 2 is 2.00 bits per heavy atom. The second-order valence-electron chi connectivity index (χ2n) is 6.16. The summed E-state index contributed by atoms with van der Waals surface area (Å²) in [5.74, 6) is 1.09. The molecule has 1 fully saturated rings. The van der Waals surface area contributed by atoms with Gasteiger partial charge in [0, 0.05) is 23.2 Å². The first-order valence-corrected chi connectivity index (χ1v) is 8.51. The molecule has 1 aliphatic carbocycles. The molecule has 1 amide bonds. The number of rotatable bonds is 7. The second-order valence-corrected chi connectivity index (χ2v) is 6.59. The fourth-order valence-corrected chi connectivity index (χ4v) is 2.74. The highest BCUT2D eigenvalue weighted by atomic mass is 35.5. The van der Waals surface area contributed by atoms with Crippen molar-refractivity contribution in [2.24, 2.45) is 11.7 Å². The lowest BCUT2D eigenvalue weighted by atomic mass is 10.1. The van der Waals surface area contributed by atoms with Crippen molar-refractivity contribution in [3.63, 3.8) is 0 Å². The van der Waals surface area contributed by atoms with Crippen LogP contribution in [0.25, 0.3) is 0 Å². The zero-order chi connectivity index (χ0) is 16.9. The van der Waals surface area contributed by atoms with Gasteiger partial charge >= 0.3 is 0 Å². The van der Waals surface area contributed by atoms with Gasteiger partial charge in [0.15, 0.2) is 0 Å². The first-order valence-electron chi connectivity index (χ1n) is 8.13. The van der Waals surface area contributed by atoms with Crippen molar-refractivity contribution in [1.82, 2.24) is 5.32 Å². The van der Waals surface area contributed by atoms with E-state index in [1.165, 1.54) is 12.8 Å². The molecule has 25 heavy (non-hydrogen) atoms. The highest BCUT2D eigenvalue weighted by Crippen LogP contribution is 2.31. The van der Waals surface area contributed by atoms with Crippen molar-refractivity contribution in [2.45, 2.75) is 25.5 Å². The molecule has 134 valence electrons. The molecule has 2 aromatic rings. The summed E-state index contributed by atoms with van der Waals surface area (Å²) >= 11 is 5.96. The maximum Gasteiger partial charge on any atom is 0.251 e. The molecule has 0 bridgehead atoms. The van der Waals surface area contributed by atoms with E-state index in [2.05, 4.69) is 5.32 Å². The standard InChI is InChI=1S/C19H21ClN2O2.ClH/c20-16-5-1-3-13(9-16)12-24-17-6-2-4-15(10-17)19(23)22-11-18(21)14-7-8-14;/h1-6,9-10,14,18H,7-8,11-12,21H2,(H,22,23);1H. The van der Waals surface area contributed by atoms with E-state index in [0.717, 1.165) is 5.56 Å². The molecule has 0 aliphatic heterocycles. The van der Waals surface area contributed by atoms with Gasteiger partial charge in [0.2, 0.25) is 0 Å². The van der Waals surface area contributed by atoms with Crippen molar-refractivity contribution in [3.05, 3.63) is 64.7 Å². The first kappa shape index (κ1) is 19.6. The van der Waals surface area contributed by atoms with E-state index in [9.17, 15) is 4.79 Å². The Bertz CT molecular complexity index is 720. The van der Waals surface area contributed by atoms with Gasteiger partial charge in [-0.25, -0.2) is 0 Å². The Kier molecular flexibility index (Phi) is 7.12. The second kappa shape index (κ2) is 9.09. The van der Waals surface area contributed by atoms with Crippen molar-refractivity contribution in [2.75, 3.05) is 6.54 Å². The Hall–Kier alpha value is -1.75. The van der Waals surface area contributed by atoms with E-state index in [-0.39, 0.29) is 24.4 Å². The summed E-state index contributed by atoms with van der Waals surface area (Å²) < 4.78 is 5.75. The zero-order valence-corrected chi connectivity index (χ0v) is 15.4. The summed E-state index contributed by atoms with van der Waals surface area (Å²) in [6.07, 6.45) is 2.34. The van der Waals surface area contributed by atoms with Gasteiger partial charge in [-0.2, -0.15) is 0 Å². The van der Waals surface area contributed by atoms with Gasteiger partial charge in [-0.1, -0.05) is 29.8 Å². The van der Waals surface area contributed by atoms with Crippen LogP contribution in [0.3, 0.4) is 0 Å². The number of hydrogen-bond acceptors (Lipinski definition) is 3. The molecule has 0 saturated heterocycles. The quantitative estimate of drug-likeness (QED) is 0.767. The Labute approximate surface area is 159 Å². The third-order valence-electron chi connectivity index (χ3n) is 4.12. The van der Waals surface area contributed by atoms with Gasteiger partial charge in [0.1, 0.15) is 12.4 Å². The van der Waals surface area contributed by atoms with E-state index in [1.807, 2.05) is 36.4 Å². The molecule has 0 radical (unpaired) electrons. The van der Waals surface area contributed by atoms with E-state index in [0.29, 0.717) is 35.4 Å². The molecule has 3 rings (SSSR count). The minimum Gasteiger partial charge on any atom is -0.489 e. The summed E-state index contributed by atoms with van der Waals surface area (Å²) in [6.45, 7) is 0.912. The fourth-order valence-electron chi connectivity index (χ4n) is 2.52. The predicted molar refractivity (Wildman–Crippen MR) is 103 cm³/mol. The van der Waals surface area contributed by atoms with Crippen LogP contribution in [-0.4, -0.2) is 18.5 Å². The Balaban J connectivity index is 0.00000225. The maximum absolute atomic E-state index is 12.2. The van der Waals surface area contributed by atoms with Gasteiger partial charge in [-0.3, -0.25) is 4.79 Å². The lowest BCUT2D eigenvalue weighted by Crippen LogP contribution is -2.38. The van der Waals surface area contributed by atoms with Crippen molar-refractivity contribution in [3.8, 4) is 5.75 Å². The summed E-state index contributed by atoms with van der Waals surface area (Å²) in [5.41, 5.74) is 7.56. The van der Waals surface area contributed by atoms with Crippen LogP contribution >= 0.6 is 24.0 Å². The Morgan fingerprint density at radius 1 is 1.24 bits per heavy atom. The van der Waals surface area contributed by atoms with Crippen LogP contribution in [0, 0.1) is 5.92 Å². The van der Waals surface area contributed by atoms with Gasteiger partial charge < -0.3 is 15.8 Å². The fraction of sp³-hybridized carbons (Fsp3) is 0.316. The number of amides is 1. The normalized spacial score (nSPS) is 14.3. The molecule has 1 atom stereocenters. The molecule has 0 heterocycles. The van der Waals surface area contributed by atoms with Crippen LogP contribution in [0.4, 0.5) is 0 Å². The average Bonchev–Trinajstić information content (AvgIpc) is 3.43. The zero-order valence-electron chi connectivity index (χ0n) is 13.8. The van der Waals surface area contributed by atoms with E-state index in [4.69, 9.17) is 22.1 Å². The predicted octanol–water partition coefficient (Wildman–Crippen LogP) is 3.81. The van der Waals surface area contributed by atoms with Crippen LogP contribution in [0.2, 0.25) is 5.02 Å². The van der Waals surface area contributed by atoms with Crippen LogP contribution in [0.5, 0.6) is 5.75 Å². The SMILES string of the molecule is Cl.NC(CNC(=O)c1cccc(OCc2cccc(Cl)c2)c1)C1CC1. The van der Waals surface area contributed by atoms with E-state index >= 15 is 0 Å². The molecule has 6 heteroatoms. The minimum atomic E-state index is -0.126. The highest BCUT2D eigenvalue weighted by molar-refractivity contribution is 6.30.